The summed E-state index contributed by atoms with van der Waals surface area (Å²) in [6.45, 7) is 8.50. The fraction of sp³-hybridized carbons (Fsp3) is 0.333. The summed E-state index contributed by atoms with van der Waals surface area (Å²) in [6.07, 6.45) is 2.86. The minimum Gasteiger partial charge on any atom is -0.472 e. The molecule has 0 spiro atoms. The van der Waals surface area contributed by atoms with Gasteiger partial charge in [-0.05, 0) is 61.9 Å². The van der Waals surface area contributed by atoms with Crippen molar-refractivity contribution in [3.8, 4) is 17.0 Å². The SMILES string of the molecule is CCNC(=O)Nc1cc2c(-c3ccnc(OC(C)(C)C)c3)ccc(CNC(=O)OC)c2cn1. The van der Waals surface area contributed by atoms with E-state index in [1.807, 2.05) is 58.0 Å². The van der Waals surface area contributed by atoms with Crippen LogP contribution in [0.3, 0.4) is 0 Å². The number of rotatable bonds is 6. The van der Waals surface area contributed by atoms with E-state index >= 15 is 0 Å². The Morgan fingerprint density at radius 2 is 1.82 bits per heavy atom. The molecule has 0 aliphatic rings. The van der Waals surface area contributed by atoms with Crippen molar-refractivity contribution in [1.82, 2.24) is 20.6 Å². The average molecular weight is 452 g/mol. The summed E-state index contributed by atoms with van der Waals surface area (Å²) in [5, 5.41) is 9.83. The van der Waals surface area contributed by atoms with Gasteiger partial charge in [0.2, 0.25) is 5.88 Å². The summed E-state index contributed by atoms with van der Waals surface area (Å²) in [7, 11) is 1.32. The molecule has 0 atom stereocenters. The number of anilines is 1. The molecule has 0 bridgehead atoms. The number of methoxy groups -OCH3 is 1. The van der Waals surface area contributed by atoms with Gasteiger partial charge in [-0.1, -0.05) is 12.1 Å². The van der Waals surface area contributed by atoms with E-state index < -0.39 is 6.09 Å². The number of carbonyl (C=O) groups excluding carboxylic acids is 2. The van der Waals surface area contributed by atoms with Crippen molar-refractivity contribution in [1.29, 1.82) is 0 Å². The molecule has 3 aromatic rings. The number of urea groups is 1. The van der Waals surface area contributed by atoms with E-state index in [0.717, 1.165) is 27.5 Å². The van der Waals surface area contributed by atoms with Gasteiger partial charge >= 0.3 is 12.1 Å². The number of hydrogen-bond donors (Lipinski definition) is 3. The fourth-order valence-corrected chi connectivity index (χ4v) is 3.28. The topological polar surface area (TPSA) is 114 Å². The second-order valence-corrected chi connectivity index (χ2v) is 8.31. The Labute approximate surface area is 192 Å². The summed E-state index contributed by atoms with van der Waals surface area (Å²) >= 11 is 0. The molecule has 3 rings (SSSR count). The fourth-order valence-electron chi connectivity index (χ4n) is 3.28. The van der Waals surface area contributed by atoms with Crippen LogP contribution in [0.5, 0.6) is 5.88 Å². The van der Waals surface area contributed by atoms with Crippen molar-refractivity contribution in [3.05, 3.63) is 48.3 Å². The number of pyridine rings is 2. The molecule has 0 aliphatic carbocycles. The Balaban J connectivity index is 2.08. The monoisotopic (exact) mass is 451 g/mol. The third-order valence-electron chi connectivity index (χ3n) is 4.64. The molecule has 33 heavy (non-hydrogen) atoms. The lowest BCUT2D eigenvalue weighted by Crippen LogP contribution is -2.28. The van der Waals surface area contributed by atoms with Crippen LogP contribution in [0.25, 0.3) is 21.9 Å². The van der Waals surface area contributed by atoms with Crippen LogP contribution in [0.15, 0.2) is 42.7 Å². The molecule has 0 saturated heterocycles. The number of ether oxygens (including phenoxy) is 2. The molecule has 3 amide bonds. The van der Waals surface area contributed by atoms with Crippen molar-refractivity contribution >= 4 is 28.7 Å². The second-order valence-electron chi connectivity index (χ2n) is 8.31. The molecular formula is C24H29N5O4. The number of alkyl carbamates (subject to hydrolysis) is 1. The number of aromatic nitrogens is 2. The number of hydrogen-bond acceptors (Lipinski definition) is 6. The van der Waals surface area contributed by atoms with Crippen molar-refractivity contribution in [2.45, 2.75) is 39.8 Å². The Kier molecular flexibility index (Phi) is 7.32. The van der Waals surface area contributed by atoms with Gasteiger partial charge in [0.05, 0.1) is 7.11 Å². The first-order valence-electron chi connectivity index (χ1n) is 10.6. The predicted octanol–water partition coefficient (Wildman–Crippen LogP) is 4.47. The summed E-state index contributed by atoms with van der Waals surface area (Å²) in [4.78, 5) is 32.3. The molecule has 9 nitrogen and oxygen atoms in total. The van der Waals surface area contributed by atoms with E-state index in [9.17, 15) is 9.59 Å². The maximum absolute atomic E-state index is 12.0. The zero-order chi connectivity index (χ0) is 24.0. The first-order valence-corrected chi connectivity index (χ1v) is 10.6. The zero-order valence-electron chi connectivity index (χ0n) is 19.5. The molecule has 174 valence electrons. The highest BCUT2D eigenvalue weighted by molar-refractivity contribution is 6.01. The molecule has 0 fully saturated rings. The molecule has 2 heterocycles. The van der Waals surface area contributed by atoms with Crippen LogP contribution in [-0.4, -0.2) is 41.3 Å². The Morgan fingerprint density at radius 3 is 2.52 bits per heavy atom. The molecule has 0 unspecified atom stereocenters. The molecule has 9 heteroatoms. The maximum atomic E-state index is 12.0. The lowest BCUT2D eigenvalue weighted by atomic mass is 9.96. The Bertz CT molecular complexity index is 1160. The highest BCUT2D eigenvalue weighted by Crippen LogP contribution is 2.33. The van der Waals surface area contributed by atoms with Gasteiger partial charge in [0.1, 0.15) is 11.4 Å². The van der Waals surface area contributed by atoms with Gasteiger partial charge in [0.25, 0.3) is 0 Å². The molecular weight excluding hydrogens is 422 g/mol. The highest BCUT2D eigenvalue weighted by atomic mass is 16.5. The minimum absolute atomic E-state index is 0.267. The van der Waals surface area contributed by atoms with Crippen LogP contribution in [0.1, 0.15) is 33.3 Å². The molecule has 1 aromatic carbocycles. The maximum Gasteiger partial charge on any atom is 0.407 e. The van der Waals surface area contributed by atoms with Crippen LogP contribution < -0.4 is 20.7 Å². The number of carbonyl (C=O) groups is 2. The van der Waals surface area contributed by atoms with Gasteiger partial charge in [-0.25, -0.2) is 19.6 Å². The lowest BCUT2D eigenvalue weighted by Gasteiger charge is -2.20. The number of benzene rings is 1. The number of nitrogens with zero attached hydrogens (tertiary/aromatic N) is 2. The van der Waals surface area contributed by atoms with Crippen LogP contribution in [0, 0.1) is 0 Å². The summed E-state index contributed by atoms with van der Waals surface area (Å²) in [6, 6.07) is 9.14. The van der Waals surface area contributed by atoms with Gasteiger partial charge in [-0.2, -0.15) is 0 Å². The minimum atomic E-state index is -0.521. The number of nitrogens with one attached hydrogen (secondary N) is 3. The zero-order valence-corrected chi connectivity index (χ0v) is 19.5. The number of fused-ring (bicyclic) bond motifs is 1. The third kappa shape index (κ3) is 6.31. The average Bonchev–Trinajstić information content (AvgIpc) is 2.76. The van der Waals surface area contributed by atoms with Gasteiger partial charge in [0.15, 0.2) is 0 Å². The second kappa shape index (κ2) is 10.2. The van der Waals surface area contributed by atoms with Crippen molar-refractivity contribution in [2.24, 2.45) is 0 Å². The van der Waals surface area contributed by atoms with Crippen LogP contribution in [0.4, 0.5) is 15.4 Å². The van der Waals surface area contributed by atoms with Crippen molar-refractivity contribution in [2.75, 3.05) is 19.0 Å². The molecule has 0 saturated carbocycles. The van der Waals surface area contributed by atoms with E-state index in [2.05, 4.69) is 30.7 Å². The summed E-state index contributed by atoms with van der Waals surface area (Å²) in [5.41, 5.74) is 2.28. The highest BCUT2D eigenvalue weighted by Gasteiger charge is 2.15. The van der Waals surface area contributed by atoms with Gasteiger partial charge < -0.3 is 20.1 Å². The number of amides is 3. The standard InChI is InChI=1S/C24H29N5O4/c1-6-25-22(30)29-20-12-18-17(15-9-10-26-21(11-15)33-24(2,3)4)8-7-16(19(18)14-27-20)13-28-23(31)32-5/h7-12,14H,6,13H2,1-5H3,(H,28,31)(H2,25,27,29,30). The van der Waals surface area contributed by atoms with E-state index in [-0.39, 0.29) is 18.2 Å². The normalized spacial score (nSPS) is 11.1. The van der Waals surface area contributed by atoms with E-state index in [1.54, 1.807) is 12.4 Å². The summed E-state index contributed by atoms with van der Waals surface area (Å²) in [5.74, 6) is 0.923. The van der Waals surface area contributed by atoms with Crippen molar-refractivity contribution in [3.63, 3.8) is 0 Å². The molecule has 0 radical (unpaired) electrons. The Hall–Kier alpha value is -3.88. The smallest absolute Gasteiger partial charge is 0.407 e. The quantitative estimate of drug-likeness (QED) is 0.509. The van der Waals surface area contributed by atoms with Gasteiger partial charge in [-0.3, -0.25) is 5.32 Å². The van der Waals surface area contributed by atoms with E-state index in [4.69, 9.17) is 4.74 Å². The largest absolute Gasteiger partial charge is 0.472 e. The van der Waals surface area contributed by atoms with Gasteiger partial charge in [0, 0.05) is 36.9 Å². The molecule has 3 N–H and O–H groups in total. The molecule has 2 aromatic heterocycles. The van der Waals surface area contributed by atoms with E-state index in [1.165, 1.54) is 7.11 Å². The first kappa shape index (κ1) is 23.8. The summed E-state index contributed by atoms with van der Waals surface area (Å²) < 4.78 is 10.6. The van der Waals surface area contributed by atoms with Crippen molar-refractivity contribution < 1.29 is 19.1 Å². The molecule has 0 aliphatic heterocycles. The predicted molar refractivity (Wildman–Crippen MR) is 127 cm³/mol. The lowest BCUT2D eigenvalue weighted by molar-refractivity contribution is 0.124. The first-order chi connectivity index (χ1) is 15.7. The Morgan fingerprint density at radius 1 is 1.03 bits per heavy atom. The third-order valence-corrected chi connectivity index (χ3v) is 4.64. The van der Waals surface area contributed by atoms with Gasteiger partial charge in [-0.15, -0.1) is 0 Å². The van der Waals surface area contributed by atoms with Crippen LogP contribution >= 0.6 is 0 Å². The van der Waals surface area contributed by atoms with Crippen LogP contribution in [0.2, 0.25) is 0 Å². The van der Waals surface area contributed by atoms with Crippen LogP contribution in [-0.2, 0) is 11.3 Å². The van der Waals surface area contributed by atoms with E-state index in [0.29, 0.717) is 18.2 Å².